The molecule has 0 fully saturated rings. The van der Waals surface area contributed by atoms with Crippen LogP contribution in [-0.2, 0) is 11.3 Å². The Morgan fingerprint density at radius 2 is 2.11 bits per heavy atom. The second-order valence-electron chi connectivity index (χ2n) is 5.43. The molecule has 104 valence electrons. The largest absolute Gasteiger partial charge is 0.481 e. The molecule has 1 aromatic carbocycles. The average Bonchev–Trinajstić information content (AvgIpc) is 2.57. The molecule has 4 nitrogen and oxygen atoms in total. The third-order valence-electron chi connectivity index (χ3n) is 4.02. The molecule has 0 saturated heterocycles. The Kier molecular flexibility index (Phi) is 4.10. The van der Waals surface area contributed by atoms with Gasteiger partial charge in [-0.25, -0.2) is 0 Å². The normalized spacial score (nSPS) is 22.3. The number of nitrogens with one attached hydrogen (secondary N) is 1. The molecule has 3 atom stereocenters. The first-order chi connectivity index (χ1) is 9.00. The summed E-state index contributed by atoms with van der Waals surface area (Å²) in [6.07, 6.45) is 0. The summed E-state index contributed by atoms with van der Waals surface area (Å²) < 4.78 is 0. The summed E-state index contributed by atoms with van der Waals surface area (Å²) in [5.41, 5.74) is 2.39. The lowest BCUT2D eigenvalue weighted by Gasteiger charge is -2.34. The minimum absolute atomic E-state index is 0.0269. The minimum Gasteiger partial charge on any atom is -0.481 e. The standard InChI is InChI=1S/C15H22N2O2/c1-10-9-17(12(3)11(2)15(18)19)14-7-5-4-6-13(14)8-16-10/h4-7,10-12,16H,8-9H2,1-3H3,(H,18,19). The molecule has 1 heterocycles. The zero-order valence-electron chi connectivity index (χ0n) is 11.8. The summed E-state index contributed by atoms with van der Waals surface area (Å²) in [5.74, 6) is -1.13. The molecule has 0 saturated carbocycles. The van der Waals surface area contributed by atoms with Crippen LogP contribution in [0.25, 0.3) is 0 Å². The van der Waals surface area contributed by atoms with E-state index in [0.29, 0.717) is 6.04 Å². The number of benzene rings is 1. The number of hydrogen-bond acceptors (Lipinski definition) is 3. The van der Waals surface area contributed by atoms with Gasteiger partial charge in [0.15, 0.2) is 0 Å². The summed E-state index contributed by atoms with van der Waals surface area (Å²) in [7, 11) is 0. The molecule has 0 aromatic heterocycles. The lowest BCUT2D eigenvalue weighted by molar-refractivity contribution is -0.141. The molecule has 0 aliphatic carbocycles. The number of carboxylic acids is 1. The van der Waals surface area contributed by atoms with Crippen molar-refractivity contribution in [1.29, 1.82) is 0 Å². The number of aliphatic carboxylic acids is 1. The topological polar surface area (TPSA) is 52.6 Å². The Morgan fingerprint density at radius 1 is 1.42 bits per heavy atom. The Balaban J connectivity index is 2.34. The molecule has 1 aliphatic rings. The minimum atomic E-state index is -0.741. The van der Waals surface area contributed by atoms with Gasteiger partial charge in [-0.1, -0.05) is 18.2 Å². The second kappa shape index (κ2) is 5.61. The maximum atomic E-state index is 11.2. The van der Waals surface area contributed by atoms with E-state index in [1.165, 1.54) is 5.56 Å². The summed E-state index contributed by atoms with van der Waals surface area (Å²) >= 11 is 0. The van der Waals surface area contributed by atoms with Crippen LogP contribution in [0.2, 0.25) is 0 Å². The van der Waals surface area contributed by atoms with Crippen LogP contribution in [0.1, 0.15) is 26.3 Å². The molecule has 19 heavy (non-hydrogen) atoms. The predicted octanol–water partition coefficient (Wildman–Crippen LogP) is 2.09. The third-order valence-corrected chi connectivity index (χ3v) is 4.02. The summed E-state index contributed by atoms with van der Waals surface area (Å²) in [6, 6.07) is 8.54. The molecule has 2 rings (SSSR count). The number of nitrogens with zero attached hydrogens (tertiary/aromatic N) is 1. The van der Waals surface area contributed by atoms with Gasteiger partial charge in [0.05, 0.1) is 5.92 Å². The van der Waals surface area contributed by atoms with Crippen LogP contribution in [0.4, 0.5) is 5.69 Å². The van der Waals surface area contributed by atoms with Crippen LogP contribution in [0, 0.1) is 5.92 Å². The molecule has 2 N–H and O–H groups in total. The second-order valence-corrected chi connectivity index (χ2v) is 5.43. The molecular weight excluding hydrogens is 240 g/mol. The van der Waals surface area contributed by atoms with Gasteiger partial charge in [-0.3, -0.25) is 4.79 Å². The fourth-order valence-corrected chi connectivity index (χ4v) is 2.54. The van der Waals surface area contributed by atoms with Crippen molar-refractivity contribution in [2.75, 3.05) is 11.4 Å². The Labute approximate surface area is 114 Å². The first-order valence-electron chi connectivity index (χ1n) is 6.81. The van der Waals surface area contributed by atoms with Gasteiger partial charge >= 0.3 is 5.97 Å². The molecule has 3 unspecified atom stereocenters. The van der Waals surface area contributed by atoms with Crippen molar-refractivity contribution in [3.05, 3.63) is 29.8 Å². The van der Waals surface area contributed by atoms with Gasteiger partial charge in [0, 0.05) is 30.9 Å². The van der Waals surface area contributed by atoms with Gasteiger partial charge in [-0.2, -0.15) is 0 Å². The fraction of sp³-hybridized carbons (Fsp3) is 0.533. The Hall–Kier alpha value is -1.55. The highest BCUT2D eigenvalue weighted by molar-refractivity contribution is 5.71. The van der Waals surface area contributed by atoms with Gasteiger partial charge in [-0.15, -0.1) is 0 Å². The van der Waals surface area contributed by atoms with Crippen molar-refractivity contribution in [2.45, 2.75) is 39.4 Å². The summed E-state index contributed by atoms with van der Waals surface area (Å²) in [4.78, 5) is 13.4. The quantitative estimate of drug-likeness (QED) is 0.876. The summed E-state index contributed by atoms with van der Waals surface area (Å²) in [5, 5.41) is 12.7. The lowest BCUT2D eigenvalue weighted by Crippen LogP contribution is -2.45. The van der Waals surface area contributed by atoms with Gasteiger partial charge in [0.1, 0.15) is 0 Å². The molecule has 1 aliphatic heterocycles. The van der Waals surface area contributed by atoms with Crippen molar-refractivity contribution < 1.29 is 9.90 Å². The van der Waals surface area contributed by atoms with E-state index >= 15 is 0 Å². The van der Waals surface area contributed by atoms with Crippen molar-refractivity contribution in [1.82, 2.24) is 5.32 Å². The van der Waals surface area contributed by atoms with Crippen molar-refractivity contribution in [3.63, 3.8) is 0 Å². The molecular formula is C15H22N2O2. The zero-order valence-corrected chi connectivity index (χ0v) is 11.8. The maximum Gasteiger partial charge on any atom is 0.308 e. The van der Waals surface area contributed by atoms with Gasteiger partial charge in [0.2, 0.25) is 0 Å². The highest BCUT2D eigenvalue weighted by atomic mass is 16.4. The van der Waals surface area contributed by atoms with Crippen LogP contribution in [0.3, 0.4) is 0 Å². The van der Waals surface area contributed by atoms with E-state index in [2.05, 4.69) is 29.3 Å². The van der Waals surface area contributed by atoms with E-state index in [-0.39, 0.29) is 6.04 Å². The third kappa shape index (κ3) is 2.89. The van der Waals surface area contributed by atoms with Crippen LogP contribution in [0.15, 0.2) is 24.3 Å². The lowest BCUT2D eigenvalue weighted by atomic mass is 10.0. The van der Waals surface area contributed by atoms with E-state index in [0.717, 1.165) is 18.8 Å². The number of carbonyl (C=O) groups is 1. The number of carboxylic acid groups (broad SMARTS) is 1. The number of fused-ring (bicyclic) bond motifs is 1. The van der Waals surface area contributed by atoms with E-state index in [1.54, 1.807) is 6.92 Å². The Bertz CT molecular complexity index is 461. The van der Waals surface area contributed by atoms with E-state index in [4.69, 9.17) is 0 Å². The van der Waals surface area contributed by atoms with Gasteiger partial charge in [0.25, 0.3) is 0 Å². The van der Waals surface area contributed by atoms with Crippen LogP contribution < -0.4 is 10.2 Å². The number of hydrogen-bond donors (Lipinski definition) is 2. The fourth-order valence-electron chi connectivity index (χ4n) is 2.54. The average molecular weight is 262 g/mol. The Morgan fingerprint density at radius 3 is 2.79 bits per heavy atom. The highest BCUT2D eigenvalue weighted by Crippen LogP contribution is 2.27. The smallest absolute Gasteiger partial charge is 0.308 e. The van der Waals surface area contributed by atoms with Crippen molar-refractivity contribution >= 4 is 11.7 Å². The van der Waals surface area contributed by atoms with Crippen LogP contribution >= 0.6 is 0 Å². The van der Waals surface area contributed by atoms with Gasteiger partial charge < -0.3 is 15.3 Å². The van der Waals surface area contributed by atoms with Crippen LogP contribution in [-0.4, -0.2) is 29.7 Å². The van der Waals surface area contributed by atoms with E-state index < -0.39 is 11.9 Å². The van der Waals surface area contributed by atoms with Crippen molar-refractivity contribution in [2.24, 2.45) is 5.92 Å². The highest BCUT2D eigenvalue weighted by Gasteiger charge is 2.29. The van der Waals surface area contributed by atoms with Gasteiger partial charge in [-0.05, 0) is 32.4 Å². The molecule has 1 aromatic rings. The number of para-hydroxylation sites is 1. The SMILES string of the molecule is CC1CN(C(C)C(C)C(=O)O)c2ccccc2CN1. The number of anilines is 1. The molecule has 0 bridgehead atoms. The molecule has 4 heteroatoms. The van der Waals surface area contributed by atoms with Crippen molar-refractivity contribution in [3.8, 4) is 0 Å². The monoisotopic (exact) mass is 262 g/mol. The molecule has 0 amide bonds. The van der Waals surface area contributed by atoms with E-state index in [9.17, 15) is 9.90 Å². The van der Waals surface area contributed by atoms with E-state index in [1.807, 2.05) is 19.1 Å². The molecule has 0 spiro atoms. The van der Waals surface area contributed by atoms with Crippen LogP contribution in [0.5, 0.6) is 0 Å². The summed E-state index contributed by atoms with van der Waals surface area (Å²) in [6.45, 7) is 7.57. The molecule has 0 radical (unpaired) electrons. The first kappa shape index (κ1) is 13.9. The maximum absolute atomic E-state index is 11.2. The zero-order chi connectivity index (χ0) is 14.0. The first-order valence-corrected chi connectivity index (χ1v) is 6.81. The predicted molar refractivity (Wildman–Crippen MR) is 76.4 cm³/mol. The number of rotatable bonds is 3.